The fraction of sp³-hybridized carbons (Fsp3) is 0.417. The van der Waals surface area contributed by atoms with Crippen molar-refractivity contribution in [2.45, 2.75) is 44.1 Å². The number of rotatable bonds is 13. The van der Waals surface area contributed by atoms with E-state index in [-0.39, 0.29) is 30.9 Å². The predicted molar refractivity (Wildman–Crippen MR) is 143 cm³/mol. The van der Waals surface area contributed by atoms with Crippen LogP contribution in [0, 0.1) is 15.2 Å². The molecule has 9 nitrogen and oxygen atoms in total. The molecule has 202 valence electrons. The molecule has 3 rings (SSSR count). The van der Waals surface area contributed by atoms with E-state index in [1.165, 1.54) is 0 Å². The summed E-state index contributed by atoms with van der Waals surface area (Å²) in [5, 5.41) is 16.7. The van der Waals surface area contributed by atoms with E-state index in [4.69, 9.17) is 4.74 Å². The van der Waals surface area contributed by atoms with Crippen molar-refractivity contribution in [3.05, 3.63) is 68.8 Å². The number of carbonyl (C=O) groups is 1. The van der Waals surface area contributed by atoms with Crippen molar-refractivity contribution in [1.29, 1.82) is 0 Å². The Bertz CT molecular complexity index is 1210. The molecule has 3 atom stereocenters. The van der Waals surface area contributed by atoms with Gasteiger partial charge in [-0.1, -0.05) is 19.1 Å². The minimum absolute atomic E-state index is 0.0303. The number of aliphatic hydroxyl groups excluding tert-OH is 1. The highest BCUT2D eigenvalue weighted by atomic mass is 127. The average molecular weight is 650 g/mol. The van der Waals surface area contributed by atoms with Crippen molar-refractivity contribution in [2.75, 3.05) is 18.9 Å². The van der Waals surface area contributed by atoms with Crippen molar-refractivity contribution in [1.82, 2.24) is 15.4 Å². The molecular weight excluding hydrogens is 621 g/mol. The Hall–Kier alpha value is -2.20. The van der Waals surface area contributed by atoms with E-state index in [2.05, 4.69) is 42.9 Å². The van der Waals surface area contributed by atoms with Crippen LogP contribution < -0.4 is 15.4 Å². The van der Waals surface area contributed by atoms with Crippen LogP contribution in [0.2, 0.25) is 0 Å². The number of amides is 1. The first-order valence-electron chi connectivity index (χ1n) is 11.6. The number of aliphatic hydroxyl groups is 1. The number of ether oxygens (including phenoxy) is 1. The van der Waals surface area contributed by atoms with Gasteiger partial charge in [0.15, 0.2) is 6.40 Å². The van der Waals surface area contributed by atoms with E-state index in [0.29, 0.717) is 13.0 Å². The Labute approximate surface area is 228 Å². The first kappa shape index (κ1) is 29.4. The van der Waals surface area contributed by atoms with Gasteiger partial charge < -0.3 is 20.5 Å². The second-order valence-electron chi connectivity index (χ2n) is 8.72. The Kier molecular flexibility index (Phi) is 10.3. The molecule has 0 bridgehead atoms. The monoisotopic (exact) mass is 650 g/mol. The maximum atomic E-state index is 13.8. The largest absolute Gasteiger partial charge is 0.479 e. The predicted octanol–water partition coefficient (Wildman–Crippen LogP) is 1.83. The summed E-state index contributed by atoms with van der Waals surface area (Å²) in [6, 6.07) is 9.62. The highest BCUT2D eigenvalue weighted by Crippen LogP contribution is 2.18. The van der Waals surface area contributed by atoms with E-state index in [1.807, 2.05) is 24.3 Å². The Morgan fingerprint density at radius 2 is 1.95 bits per heavy atom. The lowest BCUT2D eigenvalue weighted by Gasteiger charge is -2.30. The summed E-state index contributed by atoms with van der Waals surface area (Å²) in [5.41, 5.74) is -0.785. The van der Waals surface area contributed by atoms with Crippen LogP contribution in [-0.2, 0) is 32.5 Å². The van der Waals surface area contributed by atoms with Crippen LogP contribution in [-0.4, -0.2) is 62.5 Å². The van der Waals surface area contributed by atoms with E-state index in [1.54, 1.807) is 6.92 Å². The molecule has 1 heterocycles. The molecule has 0 saturated heterocycles. The summed E-state index contributed by atoms with van der Waals surface area (Å²) in [5.74, 6) is -2.69. The molecule has 4 N–H and O–H groups in total. The van der Waals surface area contributed by atoms with Gasteiger partial charge in [0.1, 0.15) is 18.2 Å². The molecule has 0 saturated carbocycles. The third-order valence-electron chi connectivity index (χ3n) is 5.54. The summed E-state index contributed by atoms with van der Waals surface area (Å²) < 4.78 is 60.9. The quantitative estimate of drug-likeness (QED) is 0.245. The molecule has 0 fully saturated rings. The lowest BCUT2D eigenvalue weighted by Crippen LogP contribution is -2.62. The normalized spacial score (nSPS) is 18.8. The number of hydrogen-bond donors (Lipinski definition) is 4. The maximum absolute atomic E-state index is 13.8. The van der Waals surface area contributed by atoms with E-state index in [0.717, 1.165) is 33.7 Å². The Morgan fingerprint density at radius 1 is 1.22 bits per heavy atom. The lowest BCUT2D eigenvalue weighted by atomic mass is 9.99. The summed E-state index contributed by atoms with van der Waals surface area (Å²) >= 11 is 2.19. The summed E-state index contributed by atoms with van der Waals surface area (Å²) in [4.78, 5) is 17.2. The number of carbonyl (C=O) groups excluding carboxylic acids is 1. The molecule has 2 aromatic rings. The maximum Gasteiger partial charge on any atom is 0.267 e. The van der Waals surface area contributed by atoms with Crippen LogP contribution in [0.4, 0.5) is 8.78 Å². The smallest absolute Gasteiger partial charge is 0.267 e. The van der Waals surface area contributed by atoms with Crippen molar-refractivity contribution < 1.29 is 31.8 Å². The number of aliphatic imine (C=N–C) groups is 1. The third kappa shape index (κ3) is 8.67. The van der Waals surface area contributed by atoms with Crippen LogP contribution >= 0.6 is 22.6 Å². The molecule has 37 heavy (non-hydrogen) atoms. The van der Waals surface area contributed by atoms with Gasteiger partial charge in [0.2, 0.25) is 15.7 Å². The number of hydrogen-bond acceptors (Lipinski definition) is 7. The highest BCUT2D eigenvalue weighted by molar-refractivity contribution is 14.1. The molecule has 0 aromatic heterocycles. The van der Waals surface area contributed by atoms with Gasteiger partial charge in [-0.25, -0.2) is 22.2 Å². The van der Waals surface area contributed by atoms with E-state index < -0.39 is 45.4 Å². The van der Waals surface area contributed by atoms with Gasteiger partial charge in [-0.2, -0.15) is 4.72 Å². The Morgan fingerprint density at radius 3 is 2.57 bits per heavy atom. The zero-order valence-electron chi connectivity index (χ0n) is 20.1. The number of halogens is 3. The summed E-state index contributed by atoms with van der Waals surface area (Å²) in [7, 11) is -3.87. The highest BCUT2D eigenvalue weighted by Gasteiger charge is 2.46. The number of nitrogens with one attached hydrogen (secondary N) is 3. The minimum atomic E-state index is -3.87. The molecule has 1 amide bonds. The topological polar surface area (TPSA) is 129 Å². The van der Waals surface area contributed by atoms with E-state index in [9.17, 15) is 27.1 Å². The van der Waals surface area contributed by atoms with Gasteiger partial charge in [0, 0.05) is 22.7 Å². The number of nitrogens with zero attached hydrogens (tertiary/aromatic N) is 1. The zero-order valence-corrected chi connectivity index (χ0v) is 23.1. The second kappa shape index (κ2) is 13.0. The molecule has 1 aliphatic heterocycles. The SMILES string of the molecule is CCCS(=O)(=O)NC1(C(=O)N[C@@H](Cc2cc(F)cc(F)c2)[C@H](O)CNCc2cccc(I)c2)COC=N1. The molecule has 0 spiro atoms. The van der Waals surface area contributed by atoms with Gasteiger partial charge in [-0.3, -0.25) is 4.79 Å². The van der Waals surface area contributed by atoms with Gasteiger partial charge in [-0.05, 0) is 70.8 Å². The molecule has 1 unspecified atom stereocenters. The number of benzene rings is 2. The molecular formula is C24H29F2IN4O5S. The fourth-order valence-corrected chi connectivity index (χ4v) is 5.80. The summed E-state index contributed by atoms with van der Waals surface area (Å²) in [6.45, 7) is 1.75. The van der Waals surface area contributed by atoms with Crippen LogP contribution in [0.1, 0.15) is 24.5 Å². The van der Waals surface area contributed by atoms with Crippen LogP contribution in [0.5, 0.6) is 0 Å². The molecule has 0 radical (unpaired) electrons. The third-order valence-corrected chi connectivity index (χ3v) is 7.81. The summed E-state index contributed by atoms with van der Waals surface area (Å²) in [6.07, 6.45) is -0.0383. The van der Waals surface area contributed by atoms with Gasteiger partial charge in [0.25, 0.3) is 5.91 Å². The first-order valence-corrected chi connectivity index (χ1v) is 14.3. The lowest BCUT2D eigenvalue weighted by molar-refractivity contribution is -0.128. The fourth-order valence-electron chi connectivity index (χ4n) is 3.83. The van der Waals surface area contributed by atoms with Crippen LogP contribution in [0.15, 0.2) is 47.5 Å². The van der Waals surface area contributed by atoms with E-state index >= 15 is 0 Å². The molecule has 2 aromatic carbocycles. The minimum Gasteiger partial charge on any atom is -0.479 e. The average Bonchev–Trinajstić information content (AvgIpc) is 3.27. The van der Waals surface area contributed by atoms with Crippen LogP contribution in [0.25, 0.3) is 0 Å². The number of sulfonamides is 1. The Balaban J connectivity index is 1.78. The van der Waals surface area contributed by atoms with Crippen molar-refractivity contribution in [2.24, 2.45) is 4.99 Å². The van der Waals surface area contributed by atoms with Crippen molar-refractivity contribution >= 4 is 44.9 Å². The van der Waals surface area contributed by atoms with Gasteiger partial charge in [0.05, 0.1) is 17.9 Å². The molecule has 1 aliphatic rings. The molecule has 0 aliphatic carbocycles. The van der Waals surface area contributed by atoms with Crippen molar-refractivity contribution in [3.63, 3.8) is 0 Å². The second-order valence-corrected chi connectivity index (χ2v) is 11.8. The van der Waals surface area contributed by atoms with Gasteiger partial charge in [-0.15, -0.1) is 0 Å². The molecule has 13 heteroatoms. The van der Waals surface area contributed by atoms with Gasteiger partial charge >= 0.3 is 0 Å². The van der Waals surface area contributed by atoms with Crippen molar-refractivity contribution in [3.8, 4) is 0 Å². The van der Waals surface area contributed by atoms with Crippen LogP contribution in [0.3, 0.4) is 0 Å². The zero-order chi connectivity index (χ0) is 27.1. The standard InChI is InChI=1S/C24H29F2IN4O5S/c1-2-6-37(34,35)31-24(14-36-15-29-24)23(33)30-21(10-17-7-18(25)11-19(26)8-17)22(32)13-28-12-16-4-3-5-20(27)9-16/h3-5,7-9,11,15,21-22,28,31-32H,2,6,10,12-14H2,1H3,(H,30,33)/t21-,22+,24?/m0/s1. The first-order chi connectivity index (χ1) is 17.5.